The third-order valence-corrected chi connectivity index (χ3v) is 2.56. The molecule has 1 aromatic carbocycles. The number of carbonyl (C=O) groups is 3. The predicted molar refractivity (Wildman–Crippen MR) is 57.0 cm³/mol. The number of hydrogen-bond acceptors (Lipinski definition) is 3. The van der Waals surface area contributed by atoms with Crippen LogP contribution in [-0.4, -0.2) is 35.5 Å². The highest BCUT2D eigenvalue weighted by atomic mass is 16.2. The topological polar surface area (TPSA) is 54.5 Å². The van der Waals surface area contributed by atoms with E-state index in [-0.39, 0.29) is 18.7 Å². The summed E-state index contributed by atoms with van der Waals surface area (Å²) in [6.07, 6.45) is 0.223. The van der Waals surface area contributed by atoms with Crippen molar-refractivity contribution in [3.05, 3.63) is 35.9 Å². The molecule has 0 radical (unpaired) electrons. The Morgan fingerprint density at radius 2 is 1.88 bits per heavy atom. The summed E-state index contributed by atoms with van der Waals surface area (Å²) in [5, 5.41) is 0. The van der Waals surface area contributed by atoms with E-state index in [0.29, 0.717) is 12.1 Å². The van der Waals surface area contributed by atoms with Crippen molar-refractivity contribution in [2.75, 3.05) is 13.1 Å². The summed E-state index contributed by atoms with van der Waals surface area (Å²) >= 11 is 0. The van der Waals surface area contributed by atoms with Gasteiger partial charge in [0, 0.05) is 18.5 Å². The Hall–Kier alpha value is -1.97. The molecule has 0 atom stereocenters. The minimum atomic E-state index is -0.538. The minimum absolute atomic E-state index is 0.00537. The van der Waals surface area contributed by atoms with E-state index < -0.39 is 11.7 Å². The van der Waals surface area contributed by atoms with Gasteiger partial charge in [-0.1, -0.05) is 30.3 Å². The molecule has 16 heavy (non-hydrogen) atoms. The fourth-order valence-electron chi connectivity index (χ4n) is 1.66. The van der Waals surface area contributed by atoms with Gasteiger partial charge in [0.2, 0.25) is 5.78 Å². The first-order valence-electron chi connectivity index (χ1n) is 5.09. The van der Waals surface area contributed by atoms with E-state index in [0.717, 1.165) is 0 Å². The maximum atomic E-state index is 11.7. The van der Waals surface area contributed by atoms with Gasteiger partial charge in [-0.05, 0) is 0 Å². The van der Waals surface area contributed by atoms with Crippen LogP contribution in [0.15, 0.2) is 30.3 Å². The molecule has 1 aliphatic heterocycles. The second-order valence-electron chi connectivity index (χ2n) is 3.69. The molecule has 82 valence electrons. The lowest BCUT2D eigenvalue weighted by Crippen LogP contribution is -2.32. The van der Waals surface area contributed by atoms with Crippen LogP contribution in [0.1, 0.15) is 16.8 Å². The average molecular weight is 217 g/mol. The molecule has 1 aromatic rings. The van der Waals surface area contributed by atoms with E-state index in [2.05, 4.69) is 0 Å². The Morgan fingerprint density at radius 1 is 1.19 bits per heavy atom. The van der Waals surface area contributed by atoms with Crippen molar-refractivity contribution >= 4 is 17.5 Å². The van der Waals surface area contributed by atoms with Gasteiger partial charge in [-0.25, -0.2) is 0 Å². The van der Waals surface area contributed by atoms with E-state index in [1.165, 1.54) is 4.90 Å². The van der Waals surface area contributed by atoms with Crippen molar-refractivity contribution in [2.45, 2.75) is 6.42 Å². The van der Waals surface area contributed by atoms with Crippen LogP contribution >= 0.6 is 0 Å². The van der Waals surface area contributed by atoms with Crippen LogP contribution in [-0.2, 0) is 9.59 Å². The molecular weight excluding hydrogens is 206 g/mol. The van der Waals surface area contributed by atoms with E-state index in [9.17, 15) is 14.4 Å². The molecule has 0 spiro atoms. The number of hydrogen-bond donors (Lipinski definition) is 0. The summed E-state index contributed by atoms with van der Waals surface area (Å²) < 4.78 is 0. The Morgan fingerprint density at radius 3 is 2.44 bits per heavy atom. The number of amides is 1. The zero-order valence-corrected chi connectivity index (χ0v) is 8.68. The summed E-state index contributed by atoms with van der Waals surface area (Å²) in [6, 6.07) is 8.76. The number of benzene rings is 1. The highest BCUT2D eigenvalue weighted by Crippen LogP contribution is 2.08. The molecule has 0 unspecified atom stereocenters. The summed E-state index contributed by atoms with van der Waals surface area (Å²) in [7, 11) is 0. The van der Waals surface area contributed by atoms with Gasteiger partial charge < -0.3 is 4.90 Å². The molecule has 1 fully saturated rings. The molecule has 4 nitrogen and oxygen atoms in total. The van der Waals surface area contributed by atoms with Crippen molar-refractivity contribution in [3.63, 3.8) is 0 Å². The van der Waals surface area contributed by atoms with Gasteiger partial charge in [0.15, 0.2) is 5.78 Å². The van der Waals surface area contributed by atoms with E-state index in [4.69, 9.17) is 0 Å². The van der Waals surface area contributed by atoms with Gasteiger partial charge in [0.05, 0.1) is 6.54 Å². The molecule has 1 saturated heterocycles. The lowest BCUT2D eigenvalue weighted by atomic mass is 10.1. The summed E-state index contributed by atoms with van der Waals surface area (Å²) in [6.45, 7) is 0.352. The molecule has 0 bridgehead atoms. The Labute approximate surface area is 92.9 Å². The summed E-state index contributed by atoms with van der Waals surface area (Å²) in [5.74, 6) is -1.08. The second-order valence-corrected chi connectivity index (χ2v) is 3.69. The minimum Gasteiger partial charge on any atom is -0.328 e. The van der Waals surface area contributed by atoms with E-state index >= 15 is 0 Å². The largest absolute Gasteiger partial charge is 0.328 e. The summed E-state index contributed by atoms with van der Waals surface area (Å²) in [4.78, 5) is 35.3. The first kappa shape index (κ1) is 10.5. The predicted octanol–water partition coefficient (Wildman–Crippen LogP) is 0.671. The normalized spacial score (nSPS) is 15.6. The van der Waals surface area contributed by atoms with E-state index in [1.54, 1.807) is 24.3 Å². The van der Waals surface area contributed by atoms with Crippen LogP contribution in [0.25, 0.3) is 0 Å². The van der Waals surface area contributed by atoms with Gasteiger partial charge in [-0.2, -0.15) is 0 Å². The number of carbonyl (C=O) groups excluding carboxylic acids is 3. The standard InChI is InChI=1S/C12H11NO3/c14-10-6-7-13(12(10)16)8-11(15)9-4-2-1-3-5-9/h1-5H,6-8H2. The van der Waals surface area contributed by atoms with Crippen LogP contribution in [0.5, 0.6) is 0 Å². The quantitative estimate of drug-likeness (QED) is 0.552. The molecule has 0 aromatic heterocycles. The highest BCUT2D eigenvalue weighted by Gasteiger charge is 2.30. The van der Waals surface area contributed by atoms with Crippen LogP contribution in [0.4, 0.5) is 0 Å². The van der Waals surface area contributed by atoms with Crippen molar-refractivity contribution in [2.24, 2.45) is 0 Å². The fraction of sp³-hybridized carbons (Fsp3) is 0.250. The molecule has 2 rings (SSSR count). The monoisotopic (exact) mass is 217 g/mol. The molecule has 0 N–H and O–H groups in total. The SMILES string of the molecule is O=C1CCN(CC(=O)c2ccccc2)C1=O. The van der Waals surface area contributed by atoms with E-state index in [1.807, 2.05) is 6.07 Å². The fourth-order valence-corrected chi connectivity index (χ4v) is 1.66. The molecule has 1 heterocycles. The van der Waals surface area contributed by atoms with Gasteiger partial charge in [0.25, 0.3) is 5.91 Å². The zero-order chi connectivity index (χ0) is 11.5. The first-order valence-corrected chi connectivity index (χ1v) is 5.09. The molecule has 4 heteroatoms. The van der Waals surface area contributed by atoms with Gasteiger partial charge >= 0.3 is 0 Å². The molecule has 1 amide bonds. The molecule has 0 aliphatic carbocycles. The lowest BCUT2D eigenvalue weighted by Gasteiger charge is -2.12. The molecule has 0 saturated carbocycles. The average Bonchev–Trinajstić information content (AvgIpc) is 2.62. The zero-order valence-electron chi connectivity index (χ0n) is 8.68. The Bertz CT molecular complexity index is 439. The number of Topliss-reactive ketones (excluding diaryl/α,β-unsaturated/α-hetero) is 2. The highest BCUT2D eigenvalue weighted by molar-refractivity contribution is 6.38. The number of rotatable bonds is 3. The molecule has 1 aliphatic rings. The Balaban J connectivity index is 2.04. The van der Waals surface area contributed by atoms with Gasteiger partial charge in [0.1, 0.15) is 0 Å². The maximum Gasteiger partial charge on any atom is 0.290 e. The van der Waals surface area contributed by atoms with Crippen LogP contribution in [0.3, 0.4) is 0 Å². The lowest BCUT2D eigenvalue weighted by molar-refractivity contribution is -0.139. The first-order chi connectivity index (χ1) is 7.68. The van der Waals surface area contributed by atoms with Crippen molar-refractivity contribution in [1.82, 2.24) is 4.90 Å². The maximum absolute atomic E-state index is 11.7. The van der Waals surface area contributed by atoms with Crippen molar-refractivity contribution < 1.29 is 14.4 Å². The number of likely N-dealkylation sites (tertiary alicyclic amines) is 1. The van der Waals surface area contributed by atoms with Crippen LogP contribution in [0, 0.1) is 0 Å². The number of ketones is 2. The van der Waals surface area contributed by atoms with Crippen molar-refractivity contribution in [1.29, 1.82) is 0 Å². The molecular formula is C12H11NO3. The third kappa shape index (κ3) is 2.00. The van der Waals surface area contributed by atoms with Gasteiger partial charge in [-0.3, -0.25) is 14.4 Å². The Kier molecular flexibility index (Phi) is 2.81. The van der Waals surface area contributed by atoms with Crippen LogP contribution in [0.2, 0.25) is 0 Å². The third-order valence-electron chi connectivity index (χ3n) is 2.56. The summed E-state index contributed by atoms with van der Waals surface area (Å²) in [5.41, 5.74) is 0.564. The number of nitrogens with zero attached hydrogens (tertiary/aromatic N) is 1. The second kappa shape index (κ2) is 4.26. The smallest absolute Gasteiger partial charge is 0.290 e. The van der Waals surface area contributed by atoms with Gasteiger partial charge in [-0.15, -0.1) is 0 Å². The van der Waals surface area contributed by atoms with Crippen molar-refractivity contribution in [3.8, 4) is 0 Å². The van der Waals surface area contributed by atoms with Crippen LogP contribution < -0.4 is 0 Å².